The molecule has 0 aromatic carbocycles. The molecule has 72 valence electrons. The van der Waals surface area contributed by atoms with Crippen LogP contribution in [-0.4, -0.2) is 23.4 Å². The van der Waals surface area contributed by atoms with Gasteiger partial charge in [-0.2, -0.15) is 0 Å². The minimum Gasteiger partial charge on any atom is -0.392 e. The third-order valence-electron chi connectivity index (χ3n) is 3.14. The Kier molecular flexibility index (Phi) is 2.57. The SMILES string of the molecule is CC#CCC(O)C1CC2CCC1O2. The number of aliphatic hydroxyl groups is 1. The van der Waals surface area contributed by atoms with Gasteiger partial charge in [0.2, 0.25) is 0 Å². The van der Waals surface area contributed by atoms with E-state index in [-0.39, 0.29) is 6.10 Å². The van der Waals surface area contributed by atoms with Crippen molar-refractivity contribution in [3.8, 4) is 11.8 Å². The standard InChI is InChI=1S/C11H16O2/c1-2-3-4-10(12)9-7-8-5-6-11(9)13-8/h8-12H,4-7H2,1H3. The molecule has 2 nitrogen and oxygen atoms in total. The van der Waals surface area contributed by atoms with Gasteiger partial charge in [0, 0.05) is 12.3 Å². The Bertz CT molecular complexity index is 238. The van der Waals surface area contributed by atoms with E-state index in [9.17, 15) is 5.11 Å². The maximum Gasteiger partial charge on any atom is 0.0703 e. The molecule has 2 rings (SSSR count). The van der Waals surface area contributed by atoms with Crippen LogP contribution >= 0.6 is 0 Å². The molecule has 2 heteroatoms. The highest BCUT2D eigenvalue weighted by atomic mass is 16.5. The largest absolute Gasteiger partial charge is 0.392 e. The zero-order valence-corrected chi connectivity index (χ0v) is 7.99. The lowest BCUT2D eigenvalue weighted by Crippen LogP contribution is -2.28. The molecule has 2 heterocycles. The van der Waals surface area contributed by atoms with Gasteiger partial charge in [-0.1, -0.05) is 0 Å². The summed E-state index contributed by atoms with van der Waals surface area (Å²) < 4.78 is 5.68. The first-order valence-electron chi connectivity index (χ1n) is 5.04. The summed E-state index contributed by atoms with van der Waals surface area (Å²) in [5.74, 6) is 6.09. The van der Waals surface area contributed by atoms with Crippen molar-refractivity contribution in [1.82, 2.24) is 0 Å². The number of aliphatic hydroxyl groups excluding tert-OH is 1. The lowest BCUT2D eigenvalue weighted by molar-refractivity contribution is 0.0453. The van der Waals surface area contributed by atoms with Gasteiger partial charge in [-0.05, 0) is 26.2 Å². The first kappa shape index (κ1) is 9.05. The van der Waals surface area contributed by atoms with E-state index in [1.165, 1.54) is 6.42 Å². The van der Waals surface area contributed by atoms with Crippen molar-refractivity contribution < 1.29 is 9.84 Å². The van der Waals surface area contributed by atoms with Crippen LogP contribution in [-0.2, 0) is 4.74 Å². The second-order valence-electron chi connectivity index (χ2n) is 3.97. The number of hydrogen-bond donors (Lipinski definition) is 1. The summed E-state index contributed by atoms with van der Waals surface area (Å²) in [6.45, 7) is 1.81. The van der Waals surface area contributed by atoms with Gasteiger partial charge in [0.25, 0.3) is 0 Å². The molecule has 0 saturated carbocycles. The molecule has 0 aromatic heterocycles. The first-order chi connectivity index (χ1) is 6.31. The molecule has 4 atom stereocenters. The molecule has 2 bridgehead atoms. The van der Waals surface area contributed by atoms with Crippen LogP contribution in [0.25, 0.3) is 0 Å². The van der Waals surface area contributed by atoms with Crippen LogP contribution < -0.4 is 0 Å². The highest BCUT2D eigenvalue weighted by Gasteiger charge is 2.43. The van der Waals surface area contributed by atoms with Gasteiger partial charge >= 0.3 is 0 Å². The summed E-state index contributed by atoms with van der Waals surface area (Å²) in [6.07, 6.45) is 4.44. The molecule has 0 amide bonds. The van der Waals surface area contributed by atoms with E-state index in [1.54, 1.807) is 0 Å². The lowest BCUT2D eigenvalue weighted by atomic mass is 9.84. The predicted molar refractivity (Wildman–Crippen MR) is 50.1 cm³/mol. The van der Waals surface area contributed by atoms with Crippen LogP contribution in [0.2, 0.25) is 0 Å². The third kappa shape index (κ3) is 1.72. The fourth-order valence-corrected chi connectivity index (χ4v) is 2.44. The third-order valence-corrected chi connectivity index (χ3v) is 3.14. The number of fused-ring (bicyclic) bond motifs is 2. The predicted octanol–water partition coefficient (Wildman–Crippen LogP) is 1.33. The highest BCUT2D eigenvalue weighted by Crippen LogP contribution is 2.40. The summed E-state index contributed by atoms with van der Waals surface area (Å²) in [5.41, 5.74) is 0. The average Bonchev–Trinajstić information content (AvgIpc) is 2.74. The zero-order chi connectivity index (χ0) is 9.26. The summed E-state index contributed by atoms with van der Waals surface area (Å²) in [5, 5.41) is 9.82. The van der Waals surface area contributed by atoms with E-state index in [0.717, 1.165) is 12.8 Å². The lowest BCUT2D eigenvalue weighted by Gasteiger charge is -2.22. The van der Waals surface area contributed by atoms with Gasteiger partial charge in [-0.25, -0.2) is 0 Å². The number of rotatable bonds is 2. The van der Waals surface area contributed by atoms with E-state index in [2.05, 4.69) is 11.8 Å². The first-order valence-corrected chi connectivity index (χ1v) is 5.04. The quantitative estimate of drug-likeness (QED) is 0.650. The maximum absolute atomic E-state index is 9.82. The van der Waals surface area contributed by atoms with Gasteiger partial charge in [0.1, 0.15) is 0 Å². The van der Waals surface area contributed by atoms with Crippen molar-refractivity contribution in [2.75, 3.05) is 0 Å². The number of hydrogen-bond acceptors (Lipinski definition) is 2. The van der Waals surface area contributed by atoms with Crippen LogP contribution in [0.15, 0.2) is 0 Å². The van der Waals surface area contributed by atoms with Gasteiger partial charge in [0.05, 0.1) is 18.3 Å². The second kappa shape index (κ2) is 3.69. The van der Waals surface area contributed by atoms with Gasteiger partial charge < -0.3 is 9.84 Å². The van der Waals surface area contributed by atoms with Crippen LogP contribution in [0, 0.1) is 17.8 Å². The fourth-order valence-electron chi connectivity index (χ4n) is 2.44. The smallest absolute Gasteiger partial charge is 0.0703 e. The highest BCUT2D eigenvalue weighted by molar-refractivity contribution is 5.01. The van der Waals surface area contributed by atoms with Gasteiger partial charge in [-0.3, -0.25) is 0 Å². The van der Waals surface area contributed by atoms with Crippen LogP contribution in [0.3, 0.4) is 0 Å². The Balaban J connectivity index is 1.89. The van der Waals surface area contributed by atoms with Crippen LogP contribution in [0.5, 0.6) is 0 Å². The molecule has 0 spiro atoms. The molecular weight excluding hydrogens is 164 g/mol. The summed E-state index contributed by atoms with van der Waals surface area (Å²) >= 11 is 0. The van der Waals surface area contributed by atoms with E-state index >= 15 is 0 Å². The van der Waals surface area contributed by atoms with Crippen molar-refractivity contribution in [3.63, 3.8) is 0 Å². The van der Waals surface area contributed by atoms with Crippen LogP contribution in [0.4, 0.5) is 0 Å². The normalized spacial score (nSPS) is 38.5. The fraction of sp³-hybridized carbons (Fsp3) is 0.818. The minimum atomic E-state index is -0.275. The summed E-state index contributed by atoms with van der Waals surface area (Å²) in [7, 11) is 0. The summed E-state index contributed by atoms with van der Waals surface area (Å²) in [4.78, 5) is 0. The molecule has 0 aliphatic carbocycles. The zero-order valence-electron chi connectivity index (χ0n) is 7.99. The second-order valence-corrected chi connectivity index (χ2v) is 3.97. The molecule has 13 heavy (non-hydrogen) atoms. The van der Waals surface area contributed by atoms with Crippen molar-refractivity contribution in [1.29, 1.82) is 0 Å². The Morgan fingerprint density at radius 1 is 1.54 bits per heavy atom. The van der Waals surface area contributed by atoms with Crippen molar-refractivity contribution in [3.05, 3.63) is 0 Å². The van der Waals surface area contributed by atoms with Crippen molar-refractivity contribution >= 4 is 0 Å². The molecule has 0 aromatic rings. The van der Waals surface area contributed by atoms with Crippen molar-refractivity contribution in [2.24, 2.45) is 5.92 Å². The summed E-state index contributed by atoms with van der Waals surface area (Å²) in [6, 6.07) is 0. The van der Waals surface area contributed by atoms with Crippen LogP contribution in [0.1, 0.15) is 32.6 Å². The van der Waals surface area contributed by atoms with E-state index in [4.69, 9.17) is 4.74 Å². The molecular formula is C11H16O2. The molecule has 2 aliphatic rings. The Morgan fingerprint density at radius 3 is 2.92 bits per heavy atom. The van der Waals surface area contributed by atoms with Gasteiger partial charge in [-0.15, -0.1) is 11.8 Å². The molecule has 1 N–H and O–H groups in total. The topological polar surface area (TPSA) is 29.5 Å². The average molecular weight is 180 g/mol. The molecule has 0 radical (unpaired) electrons. The Hall–Kier alpha value is -0.520. The molecule has 2 fully saturated rings. The van der Waals surface area contributed by atoms with E-state index < -0.39 is 0 Å². The Labute approximate surface area is 79.3 Å². The van der Waals surface area contributed by atoms with Gasteiger partial charge in [0.15, 0.2) is 0 Å². The Morgan fingerprint density at radius 2 is 2.38 bits per heavy atom. The van der Waals surface area contributed by atoms with E-state index in [0.29, 0.717) is 24.5 Å². The molecule has 4 unspecified atom stereocenters. The maximum atomic E-state index is 9.82. The monoisotopic (exact) mass is 180 g/mol. The number of ether oxygens (including phenoxy) is 1. The van der Waals surface area contributed by atoms with Crippen molar-refractivity contribution in [2.45, 2.75) is 50.9 Å². The minimum absolute atomic E-state index is 0.275. The molecule has 2 saturated heterocycles. The van der Waals surface area contributed by atoms with E-state index in [1.807, 2.05) is 6.92 Å². The molecule has 2 aliphatic heterocycles.